The van der Waals surface area contributed by atoms with Gasteiger partial charge in [0, 0.05) is 0 Å². The third kappa shape index (κ3) is 2.66. The highest BCUT2D eigenvalue weighted by Gasteiger charge is 2.52. The van der Waals surface area contributed by atoms with Gasteiger partial charge in [0.2, 0.25) is 6.10 Å². The zero-order chi connectivity index (χ0) is 14.9. The topological polar surface area (TPSA) is 55.8 Å². The van der Waals surface area contributed by atoms with Crippen LogP contribution in [0.5, 0.6) is 11.5 Å². The number of aliphatic carboxylic acids is 1. The van der Waals surface area contributed by atoms with E-state index in [1.807, 2.05) is 0 Å². The molecule has 0 saturated heterocycles. The summed E-state index contributed by atoms with van der Waals surface area (Å²) in [6.45, 7) is 1.97. The minimum atomic E-state index is -4.75. The van der Waals surface area contributed by atoms with E-state index in [4.69, 9.17) is 14.6 Å². The average Bonchev–Trinajstić information content (AvgIpc) is 2.37. The van der Waals surface area contributed by atoms with Crippen LogP contribution in [0.1, 0.15) is 12.5 Å². The lowest BCUT2D eigenvalue weighted by atomic mass is 9.90. The van der Waals surface area contributed by atoms with E-state index >= 15 is 0 Å². The van der Waals surface area contributed by atoms with Crippen molar-refractivity contribution in [1.29, 1.82) is 0 Å². The van der Waals surface area contributed by atoms with Crippen LogP contribution in [0.3, 0.4) is 0 Å². The number of alkyl halides is 3. The molecular weight excluding hydrogens is 277 g/mol. The van der Waals surface area contributed by atoms with Gasteiger partial charge >= 0.3 is 12.1 Å². The van der Waals surface area contributed by atoms with E-state index in [0.29, 0.717) is 5.56 Å². The predicted octanol–water partition coefficient (Wildman–Crippen LogP) is 2.65. The Morgan fingerprint density at radius 1 is 1.50 bits per heavy atom. The van der Waals surface area contributed by atoms with Gasteiger partial charge in [-0.2, -0.15) is 13.2 Å². The second-order valence-electron chi connectivity index (χ2n) is 4.41. The molecule has 0 radical (unpaired) electrons. The second-order valence-corrected chi connectivity index (χ2v) is 4.41. The van der Waals surface area contributed by atoms with E-state index in [-0.39, 0.29) is 24.5 Å². The molecule has 0 unspecified atom stereocenters. The van der Waals surface area contributed by atoms with Crippen molar-refractivity contribution < 1.29 is 32.5 Å². The lowest BCUT2D eigenvalue weighted by Gasteiger charge is -2.33. The third-order valence-electron chi connectivity index (χ3n) is 3.05. The van der Waals surface area contributed by atoms with Crippen molar-refractivity contribution in [2.24, 2.45) is 5.92 Å². The van der Waals surface area contributed by atoms with E-state index in [0.717, 1.165) is 0 Å². The maximum Gasteiger partial charge on any atom is 0.426 e. The van der Waals surface area contributed by atoms with Crippen LogP contribution < -0.4 is 9.47 Å². The summed E-state index contributed by atoms with van der Waals surface area (Å²) in [5.41, 5.74) is 0.406. The number of carboxylic acid groups (broad SMARTS) is 1. The van der Waals surface area contributed by atoms with Gasteiger partial charge in [0.05, 0.1) is 6.61 Å². The predicted molar refractivity (Wildman–Crippen MR) is 62.9 cm³/mol. The number of halogens is 3. The lowest BCUT2D eigenvalue weighted by Crippen LogP contribution is -2.47. The van der Waals surface area contributed by atoms with Gasteiger partial charge in [-0.3, -0.25) is 4.79 Å². The summed E-state index contributed by atoms with van der Waals surface area (Å²) in [6.07, 6.45) is -7.36. The summed E-state index contributed by atoms with van der Waals surface area (Å²) < 4.78 is 48.9. The largest absolute Gasteiger partial charge is 0.490 e. The van der Waals surface area contributed by atoms with Crippen molar-refractivity contribution in [2.45, 2.75) is 25.6 Å². The maximum atomic E-state index is 12.9. The number of ether oxygens (including phenoxy) is 2. The highest BCUT2D eigenvalue weighted by molar-refractivity contribution is 5.72. The molecule has 0 aromatic heterocycles. The fraction of sp³-hybridized carbons (Fsp3) is 0.462. The molecule has 0 saturated carbocycles. The highest BCUT2D eigenvalue weighted by Crippen LogP contribution is 2.43. The van der Waals surface area contributed by atoms with E-state index in [9.17, 15) is 18.0 Å². The van der Waals surface area contributed by atoms with Gasteiger partial charge in [0.1, 0.15) is 5.92 Å². The van der Waals surface area contributed by atoms with Gasteiger partial charge in [-0.25, -0.2) is 0 Å². The summed E-state index contributed by atoms with van der Waals surface area (Å²) in [4.78, 5) is 11.0. The van der Waals surface area contributed by atoms with Crippen molar-refractivity contribution >= 4 is 5.97 Å². The van der Waals surface area contributed by atoms with Gasteiger partial charge in [-0.15, -0.1) is 0 Å². The molecule has 1 aromatic carbocycles. The van der Waals surface area contributed by atoms with Crippen LogP contribution in [0.2, 0.25) is 0 Å². The summed E-state index contributed by atoms with van der Waals surface area (Å²) in [6, 6.07) is 4.64. The first kappa shape index (κ1) is 14.5. The van der Waals surface area contributed by atoms with Gasteiger partial charge < -0.3 is 14.6 Å². The number of hydrogen-bond acceptors (Lipinski definition) is 3. The van der Waals surface area contributed by atoms with Crippen LogP contribution in [-0.2, 0) is 11.2 Å². The molecule has 1 aliphatic rings. The molecule has 0 aliphatic carbocycles. The molecule has 1 N–H and O–H groups in total. The maximum absolute atomic E-state index is 12.9. The van der Waals surface area contributed by atoms with Crippen LogP contribution in [0.4, 0.5) is 13.2 Å². The number of hydrogen-bond donors (Lipinski definition) is 1. The number of fused-ring (bicyclic) bond motifs is 1. The van der Waals surface area contributed by atoms with E-state index in [1.54, 1.807) is 19.1 Å². The minimum absolute atomic E-state index is 0.0193. The van der Waals surface area contributed by atoms with Gasteiger partial charge in [0.25, 0.3) is 0 Å². The third-order valence-corrected chi connectivity index (χ3v) is 3.05. The minimum Gasteiger partial charge on any atom is -0.490 e. The molecule has 2 rings (SSSR count). The summed E-state index contributed by atoms with van der Waals surface area (Å²) in [5, 5.41) is 8.96. The molecule has 20 heavy (non-hydrogen) atoms. The smallest absolute Gasteiger partial charge is 0.426 e. The van der Waals surface area contributed by atoms with Crippen molar-refractivity contribution in [1.82, 2.24) is 0 Å². The Labute approximate surface area is 113 Å². The van der Waals surface area contributed by atoms with Crippen molar-refractivity contribution in [3.05, 3.63) is 23.8 Å². The quantitative estimate of drug-likeness (QED) is 0.929. The average molecular weight is 290 g/mol. The number of rotatable bonds is 3. The SMILES string of the molecule is CCOc1cccc2c1O[C@@H](C(F)(F)F)[C@@H](C(=O)O)C2. The standard InChI is InChI=1S/C13H13F3O4/c1-2-19-9-5-3-4-7-6-8(12(17)18)11(13(14,15)16)20-10(7)9/h3-5,8,11H,2,6H2,1H3,(H,17,18)/t8-,11+/m0/s1. The fourth-order valence-electron chi connectivity index (χ4n) is 2.19. The molecule has 0 amide bonds. The Morgan fingerprint density at radius 3 is 2.75 bits per heavy atom. The van der Waals surface area contributed by atoms with E-state index in [2.05, 4.69) is 0 Å². The Hall–Kier alpha value is -1.92. The first-order valence-electron chi connectivity index (χ1n) is 6.05. The number of carbonyl (C=O) groups is 1. The summed E-state index contributed by atoms with van der Waals surface area (Å²) in [7, 11) is 0. The van der Waals surface area contributed by atoms with Crippen molar-refractivity contribution in [3.63, 3.8) is 0 Å². The van der Waals surface area contributed by atoms with Crippen LogP contribution in [0.15, 0.2) is 18.2 Å². The highest BCUT2D eigenvalue weighted by atomic mass is 19.4. The normalized spacial score (nSPS) is 21.8. The molecule has 1 aromatic rings. The summed E-state index contributed by atoms with van der Waals surface area (Å²) in [5.74, 6) is -3.00. The molecule has 110 valence electrons. The Bertz CT molecular complexity index is 513. The molecule has 1 heterocycles. The molecule has 7 heteroatoms. The van der Waals surface area contributed by atoms with Gasteiger partial charge in [0.15, 0.2) is 11.5 Å². The molecule has 1 aliphatic heterocycles. The molecule has 2 atom stereocenters. The second kappa shape index (κ2) is 5.22. The van der Waals surface area contributed by atoms with Crippen LogP contribution in [0, 0.1) is 5.92 Å². The van der Waals surface area contributed by atoms with E-state index in [1.165, 1.54) is 6.07 Å². The molecular formula is C13H13F3O4. The zero-order valence-electron chi connectivity index (χ0n) is 10.6. The number of benzene rings is 1. The zero-order valence-corrected chi connectivity index (χ0v) is 10.6. The first-order chi connectivity index (χ1) is 9.34. The van der Waals surface area contributed by atoms with Crippen molar-refractivity contribution in [3.8, 4) is 11.5 Å². The molecule has 0 fully saturated rings. The van der Waals surface area contributed by atoms with Crippen LogP contribution in [-0.4, -0.2) is 30.0 Å². The summed E-state index contributed by atoms with van der Waals surface area (Å²) >= 11 is 0. The lowest BCUT2D eigenvalue weighted by molar-refractivity contribution is -0.217. The Kier molecular flexibility index (Phi) is 3.78. The number of carboxylic acids is 1. The van der Waals surface area contributed by atoms with E-state index < -0.39 is 24.2 Å². The Morgan fingerprint density at radius 2 is 2.20 bits per heavy atom. The monoisotopic (exact) mass is 290 g/mol. The van der Waals surface area contributed by atoms with Crippen molar-refractivity contribution in [2.75, 3.05) is 6.61 Å². The van der Waals surface area contributed by atoms with Crippen LogP contribution >= 0.6 is 0 Å². The van der Waals surface area contributed by atoms with Gasteiger partial charge in [-0.1, -0.05) is 12.1 Å². The fourth-order valence-corrected chi connectivity index (χ4v) is 2.19. The molecule has 0 spiro atoms. The van der Waals surface area contributed by atoms with Crippen LogP contribution in [0.25, 0.3) is 0 Å². The number of para-hydroxylation sites is 1. The first-order valence-corrected chi connectivity index (χ1v) is 6.05. The van der Waals surface area contributed by atoms with Gasteiger partial charge in [-0.05, 0) is 25.0 Å². The molecule has 4 nitrogen and oxygen atoms in total. The molecule has 0 bridgehead atoms. The Balaban J connectivity index is 2.43.